The van der Waals surface area contributed by atoms with E-state index >= 15 is 0 Å². The summed E-state index contributed by atoms with van der Waals surface area (Å²) in [6.07, 6.45) is 7.74. The summed E-state index contributed by atoms with van der Waals surface area (Å²) in [5, 5.41) is 0.0670. The highest BCUT2D eigenvalue weighted by Gasteiger charge is 2.09. The molecule has 3 aromatic heterocycles. The van der Waals surface area contributed by atoms with Crippen molar-refractivity contribution in [1.29, 1.82) is 0 Å². The Kier molecular flexibility index (Phi) is 4.25. The SMILES string of the molecule is CS(=O)(=O)c1ccc(-c2cccc(CCc3ccoc3)n2)cn1. The number of hydrogen-bond donors (Lipinski definition) is 0. The van der Waals surface area contributed by atoms with E-state index in [4.69, 9.17) is 4.42 Å². The van der Waals surface area contributed by atoms with Gasteiger partial charge in [0, 0.05) is 23.7 Å². The van der Waals surface area contributed by atoms with Crippen LogP contribution in [-0.2, 0) is 22.7 Å². The summed E-state index contributed by atoms with van der Waals surface area (Å²) in [4.78, 5) is 8.62. The second-order valence-corrected chi connectivity index (χ2v) is 7.27. The Labute approximate surface area is 134 Å². The predicted molar refractivity (Wildman–Crippen MR) is 86.7 cm³/mol. The maximum atomic E-state index is 11.4. The average Bonchev–Trinajstić information content (AvgIpc) is 3.06. The molecule has 23 heavy (non-hydrogen) atoms. The van der Waals surface area contributed by atoms with Crippen LogP contribution in [0.4, 0.5) is 0 Å². The van der Waals surface area contributed by atoms with Gasteiger partial charge in [0.25, 0.3) is 0 Å². The van der Waals surface area contributed by atoms with Gasteiger partial charge >= 0.3 is 0 Å². The van der Waals surface area contributed by atoms with E-state index in [2.05, 4.69) is 9.97 Å². The standard InChI is InChI=1S/C17H16N2O3S/c1-23(20,21)17-8-6-14(11-18-17)16-4-2-3-15(19-16)7-5-13-9-10-22-12-13/h2-4,6,8-12H,5,7H2,1H3. The smallest absolute Gasteiger partial charge is 0.192 e. The minimum Gasteiger partial charge on any atom is -0.472 e. The Morgan fingerprint density at radius 3 is 2.61 bits per heavy atom. The lowest BCUT2D eigenvalue weighted by Gasteiger charge is -2.05. The molecule has 0 amide bonds. The molecular weight excluding hydrogens is 312 g/mol. The van der Waals surface area contributed by atoms with E-state index in [1.807, 2.05) is 24.3 Å². The molecule has 0 aliphatic rings. The molecule has 0 aliphatic heterocycles. The van der Waals surface area contributed by atoms with Gasteiger partial charge in [0.1, 0.15) is 0 Å². The molecule has 0 bridgehead atoms. The number of pyridine rings is 2. The Hall–Kier alpha value is -2.47. The van der Waals surface area contributed by atoms with Crippen LogP contribution in [0, 0.1) is 0 Å². The normalized spacial score (nSPS) is 11.5. The number of sulfone groups is 1. The lowest BCUT2D eigenvalue weighted by Crippen LogP contribution is -2.00. The molecule has 0 unspecified atom stereocenters. The van der Waals surface area contributed by atoms with Crippen LogP contribution in [0.2, 0.25) is 0 Å². The Balaban J connectivity index is 1.79. The maximum Gasteiger partial charge on any atom is 0.192 e. The molecule has 0 saturated carbocycles. The fourth-order valence-corrected chi connectivity index (χ4v) is 2.80. The zero-order valence-corrected chi connectivity index (χ0v) is 13.5. The van der Waals surface area contributed by atoms with Crippen LogP contribution < -0.4 is 0 Å². The van der Waals surface area contributed by atoms with E-state index < -0.39 is 9.84 Å². The topological polar surface area (TPSA) is 73.1 Å². The molecular formula is C17H16N2O3S. The van der Waals surface area contributed by atoms with Crippen LogP contribution in [0.25, 0.3) is 11.3 Å². The first-order valence-electron chi connectivity index (χ1n) is 7.16. The van der Waals surface area contributed by atoms with Crippen molar-refractivity contribution in [2.24, 2.45) is 0 Å². The van der Waals surface area contributed by atoms with Gasteiger partial charge in [-0.1, -0.05) is 6.07 Å². The fraction of sp³-hybridized carbons (Fsp3) is 0.176. The summed E-state index contributed by atoms with van der Waals surface area (Å²) in [7, 11) is -3.28. The van der Waals surface area contributed by atoms with Gasteiger partial charge in [-0.25, -0.2) is 13.4 Å². The number of hydrogen-bond acceptors (Lipinski definition) is 5. The molecule has 118 valence electrons. The number of aromatic nitrogens is 2. The van der Waals surface area contributed by atoms with E-state index in [9.17, 15) is 8.42 Å². The summed E-state index contributed by atoms with van der Waals surface area (Å²) in [6.45, 7) is 0. The Morgan fingerprint density at radius 1 is 1.09 bits per heavy atom. The van der Waals surface area contributed by atoms with Gasteiger partial charge < -0.3 is 4.42 Å². The quantitative estimate of drug-likeness (QED) is 0.720. The van der Waals surface area contributed by atoms with Crippen LogP contribution in [-0.4, -0.2) is 24.6 Å². The largest absolute Gasteiger partial charge is 0.472 e. The molecule has 3 aromatic rings. The molecule has 0 radical (unpaired) electrons. The first-order chi connectivity index (χ1) is 11.0. The van der Waals surface area contributed by atoms with Crippen molar-refractivity contribution in [1.82, 2.24) is 9.97 Å². The monoisotopic (exact) mass is 328 g/mol. The average molecular weight is 328 g/mol. The van der Waals surface area contributed by atoms with Gasteiger partial charge in [-0.3, -0.25) is 4.98 Å². The predicted octanol–water partition coefficient (Wildman–Crippen LogP) is 2.93. The van der Waals surface area contributed by atoms with E-state index in [1.165, 1.54) is 6.07 Å². The molecule has 5 nitrogen and oxygen atoms in total. The molecule has 3 heterocycles. The van der Waals surface area contributed by atoms with Gasteiger partial charge in [-0.15, -0.1) is 0 Å². The van der Waals surface area contributed by atoms with Gasteiger partial charge in [-0.05, 0) is 48.7 Å². The highest BCUT2D eigenvalue weighted by molar-refractivity contribution is 7.90. The zero-order chi connectivity index (χ0) is 16.3. The maximum absolute atomic E-state index is 11.4. The molecule has 0 spiro atoms. The second kappa shape index (κ2) is 6.34. The minimum absolute atomic E-state index is 0.0670. The molecule has 0 aromatic carbocycles. The van der Waals surface area contributed by atoms with Crippen molar-refractivity contribution in [3.63, 3.8) is 0 Å². The first-order valence-corrected chi connectivity index (χ1v) is 9.05. The Bertz CT molecular complexity index is 886. The summed E-state index contributed by atoms with van der Waals surface area (Å²) in [5.74, 6) is 0. The first kappa shape index (κ1) is 15.4. The molecule has 6 heteroatoms. The van der Waals surface area contributed by atoms with Crippen LogP contribution in [0.1, 0.15) is 11.3 Å². The van der Waals surface area contributed by atoms with Crippen LogP contribution in [0.5, 0.6) is 0 Å². The van der Waals surface area contributed by atoms with Crippen molar-refractivity contribution in [3.8, 4) is 11.3 Å². The Morgan fingerprint density at radius 2 is 1.96 bits per heavy atom. The lowest BCUT2D eigenvalue weighted by atomic mass is 10.1. The molecule has 3 rings (SSSR count). The summed E-state index contributed by atoms with van der Waals surface area (Å²) < 4.78 is 28.0. The van der Waals surface area contributed by atoms with E-state index in [0.717, 1.165) is 41.6 Å². The van der Waals surface area contributed by atoms with Gasteiger partial charge in [0.05, 0.1) is 18.2 Å². The van der Waals surface area contributed by atoms with Crippen molar-refractivity contribution < 1.29 is 12.8 Å². The van der Waals surface area contributed by atoms with E-state index in [-0.39, 0.29) is 5.03 Å². The fourth-order valence-electron chi connectivity index (χ4n) is 2.24. The second-order valence-electron chi connectivity index (χ2n) is 5.30. The highest BCUT2D eigenvalue weighted by Crippen LogP contribution is 2.18. The lowest BCUT2D eigenvalue weighted by molar-refractivity contribution is 0.563. The highest BCUT2D eigenvalue weighted by atomic mass is 32.2. The number of furan rings is 1. The number of rotatable bonds is 5. The number of nitrogens with zero attached hydrogens (tertiary/aromatic N) is 2. The molecule has 0 N–H and O–H groups in total. The number of aryl methyl sites for hydroxylation is 2. The van der Waals surface area contributed by atoms with Crippen LogP contribution in [0.15, 0.2) is 64.6 Å². The van der Waals surface area contributed by atoms with E-state index in [0.29, 0.717) is 0 Å². The summed E-state index contributed by atoms with van der Waals surface area (Å²) in [6, 6.07) is 11.0. The van der Waals surface area contributed by atoms with E-state index in [1.54, 1.807) is 24.8 Å². The summed E-state index contributed by atoms with van der Waals surface area (Å²) in [5.41, 5.74) is 3.68. The third kappa shape index (κ3) is 3.84. The third-order valence-corrected chi connectivity index (χ3v) is 4.47. The molecule has 0 atom stereocenters. The molecule has 0 fully saturated rings. The van der Waals surface area contributed by atoms with Gasteiger partial charge in [0.2, 0.25) is 0 Å². The third-order valence-electron chi connectivity index (χ3n) is 3.47. The minimum atomic E-state index is -3.28. The van der Waals surface area contributed by atoms with Gasteiger partial charge in [0.15, 0.2) is 14.9 Å². The van der Waals surface area contributed by atoms with Crippen molar-refractivity contribution in [2.45, 2.75) is 17.9 Å². The van der Waals surface area contributed by atoms with Crippen LogP contribution in [0.3, 0.4) is 0 Å². The zero-order valence-electron chi connectivity index (χ0n) is 12.6. The van der Waals surface area contributed by atoms with Crippen molar-refractivity contribution in [2.75, 3.05) is 6.26 Å². The molecule has 0 aliphatic carbocycles. The van der Waals surface area contributed by atoms with Crippen molar-refractivity contribution in [3.05, 3.63) is 66.4 Å². The van der Waals surface area contributed by atoms with Crippen molar-refractivity contribution >= 4 is 9.84 Å². The molecule has 0 saturated heterocycles. The van der Waals surface area contributed by atoms with Gasteiger partial charge in [-0.2, -0.15) is 0 Å². The summed E-state index contributed by atoms with van der Waals surface area (Å²) >= 11 is 0. The van der Waals surface area contributed by atoms with Crippen LogP contribution >= 0.6 is 0 Å².